The summed E-state index contributed by atoms with van der Waals surface area (Å²) >= 11 is 0. The fourth-order valence-electron chi connectivity index (χ4n) is 3.29. The van der Waals surface area contributed by atoms with Crippen LogP contribution >= 0.6 is 0 Å². The molecule has 32 heavy (non-hydrogen) atoms. The molecule has 0 radical (unpaired) electrons. The first-order valence-corrected chi connectivity index (χ1v) is 12.0. The van der Waals surface area contributed by atoms with Crippen LogP contribution in [0.3, 0.4) is 0 Å². The van der Waals surface area contributed by atoms with Gasteiger partial charge in [-0.05, 0) is 51.9 Å². The first-order chi connectivity index (χ1) is 14.9. The molecule has 0 heterocycles. The monoisotopic (exact) mass is 454 g/mol. The van der Waals surface area contributed by atoms with Crippen molar-refractivity contribution in [3.05, 3.63) is 0 Å². The van der Waals surface area contributed by atoms with Gasteiger partial charge < -0.3 is 21.3 Å². The van der Waals surface area contributed by atoms with Gasteiger partial charge in [0, 0.05) is 25.4 Å². The van der Waals surface area contributed by atoms with E-state index in [0.29, 0.717) is 31.7 Å². The second-order valence-corrected chi connectivity index (χ2v) is 9.49. The van der Waals surface area contributed by atoms with Gasteiger partial charge in [-0.3, -0.25) is 19.2 Å². The third kappa shape index (κ3) is 12.8. The van der Waals surface area contributed by atoms with E-state index in [0.717, 1.165) is 12.8 Å². The smallest absolute Gasteiger partial charge is 0.242 e. The fourth-order valence-corrected chi connectivity index (χ4v) is 3.29. The van der Waals surface area contributed by atoms with E-state index < -0.39 is 12.1 Å². The highest BCUT2D eigenvalue weighted by atomic mass is 16.2. The second kappa shape index (κ2) is 15.8. The summed E-state index contributed by atoms with van der Waals surface area (Å²) in [6.07, 6.45) is 3.49. The van der Waals surface area contributed by atoms with E-state index in [1.165, 1.54) is 6.92 Å². The number of Topliss-reactive ketones (excluding diaryl/α,β-unsaturated/α-hetero) is 1. The minimum absolute atomic E-state index is 0.0347. The van der Waals surface area contributed by atoms with Gasteiger partial charge in [0.1, 0.15) is 6.04 Å². The van der Waals surface area contributed by atoms with Crippen molar-refractivity contribution in [2.24, 2.45) is 11.8 Å². The highest BCUT2D eigenvalue weighted by Crippen LogP contribution is 2.10. The van der Waals surface area contributed by atoms with Crippen molar-refractivity contribution in [2.75, 3.05) is 6.54 Å². The summed E-state index contributed by atoms with van der Waals surface area (Å²) < 4.78 is 0. The zero-order chi connectivity index (χ0) is 24.8. The SMILES string of the molecule is CCC(C)N[C@@H](CC(C)C)C(=O)NC(C)C(=O)N[C@@H](CCCCNC(C)=O)C(=O)C(C)C. The van der Waals surface area contributed by atoms with E-state index in [9.17, 15) is 19.2 Å². The van der Waals surface area contributed by atoms with Crippen molar-refractivity contribution >= 4 is 23.5 Å². The van der Waals surface area contributed by atoms with Gasteiger partial charge in [-0.15, -0.1) is 0 Å². The zero-order valence-corrected chi connectivity index (χ0v) is 21.3. The molecule has 0 aromatic heterocycles. The van der Waals surface area contributed by atoms with Crippen LogP contribution < -0.4 is 21.3 Å². The summed E-state index contributed by atoms with van der Waals surface area (Å²) in [5, 5.41) is 11.7. The van der Waals surface area contributed by atoms with Crippen molar-refractivity contribution < 1.29 is 19.2 Å². The minimum Gasteiger partial charge on any atom is -0.356 e. The number of amides is 3. The summed E-state index contributed by atoms with van der Waals surface area (Å²) in [7, 11) is 0. The molecule has 0 spiro atoms. The van der Waals surface area contributed by atoms with Gasteiger partial charge in [-0.25, -0.2) is 0 Å². The molecule has 0 rings (SSSR count). The van der Waals surface area contributed by atoms with E-state index in [1.807, 2.05) is 6.92 Å². The Kier molecular flexibility index (Phi) is 14.8. The normalized spacial score (nSPS) is 15.1. The Morgan fingerprint density at radius 3 is 1.94 bits per heavy atom. The van der Waals surface area contributed by atoms with Crippen LogP contribution in [-0.2, 0) is 19.2 Å². The molecule has 8 heteroatoms. The van der Waals surface area contributed by atoms with Gasteiger partial charge in [0.05, 0.1) is 12.1 Å². The molecule has 3 amide bonds. The van der Waals surface area contributed by atoms with Crippen LogP contribution in [0.1, 0.15) is 87.5 Å². The van der Waals surface area contributed by atoms with Crippen molar-refractivity contribution in [1.29, 1.82) is 0 Å². The summed E-state index contributed by atoms with van der Waals surface area (Å²) in [6, 6.07) is -1.54. The lowest BCUT2D eigenvalue weighted by Gasteiger charge is -2.26. The number of hydrogen-bond acceptors (Lipinski definition) is 5. The van der Waals surface area contributed by atoms with Gasteiger partial charge in [0.25, 0.3) is 0 Å². The summed E-state index contributed by atoms with van der Waals surface area (Å²) in [4.78, 5) is 49.1. The number of carbonyl (C=O) groups excluding carboxylic acids is 4. The maximum absolute atomic E-state index is 12.8. The molecule has 0 aromatic rings. The highest BCUT2D eigenvalue weighted by Gasteiger charge is 2.28. The second-order valence-electron chi connectivity index (χ2n) is 9.49. The van der Waals surface area contributed by atoms with E-state index in [-0.39, 0.29) is 41.5 Å². The fraction of sp³-hybridized carbons (Fsp3) is 0.833. The highest BCUT2D eigenvalue weighted by molar-refractivity contribution is 5.94. The van der Waals surface area contributed by atoms with Crippen LogP contribution in [0, 0.1) is 11.8 Å². The van der Waals surface area contributed by atoms with Crippen LogP contribution in [0.2, 0.25) is 0 Å². The van der Waals surface area contributed by atoms with Crippen LogP contribution in [-0.4, -0.2) is 54.2 Å². The molecule has 8 nitrogen and oxygen atoms in total. The van der Waals surface area contributed by atoms with E-state index in [4.69, 9.17) is 0 Å². The number of nitrogens with one attached hydrogen (secondary N) is 4. The standard InChI is InChI=1S/C24H46N4O4/c1-9-17(6)26-21(14-15(2)3)24(32)27-18(7)23(31)28-20(22(30)16(4)5)12-10-11-13-25-19(8)29/h15-18,20-21,26H,9-14H2,1-8H3,(H,25,29)(H,27,32)(H,28,31)/t17?,18?,20-,21-/m0/s1. The number of unbranched alkanes of at least 4 members (excludes halogenated alkanes) is 1. The summed E-state index contributed by atoms with van der Waals surface area (Å²) in [6.45, 7) is 15.5. The Hall–Kier alpha value is -1.96. The Morgan fingerprint density at radius 1 is 0.812 bits per heavy atom. The molecular formula is C24H46N4O4. The van der Waals surface area contributed by atoms with Gasteiger partial charge >= 0.3 is 0 Å². The van der Waals surface area contributed by atoms with Crippen molar-refractivity contribution in [1.82, 2.24) is 21.3 Å². The Balaban J connectivity index is 4.96. The molecule has 0 saturated carbocycles. The molecule has 0 aliphatic rings. The molecule has 186 valence electrons. The molecule has 4 N–H and O–H groups in total. The average molecular weight is 455 g/mol. The molecular weight excluding hydrogens is 408 g/mol. The number of hydrogen-bond donors (Lipinski definition) is 4. The summed E-state index contributed by atoms with van der Waals surface area (Å²) in [5.74, 6) is -0.578. The van der Waals surface area contributed by atoms with Crippen LogP contribution in [0.15, 0.2) is 0 Å². The van der Waals surface area contributed by atoms with Gasteiger partial charge in [0.15, 0.2) is 5.78 Å². The first kappa shape index (κ1) is 30.0. The largest absolute Gasteiger partial charge is 0.356 e. The van der Waals surface area contributed by atoms with Crippen molar-refractivity contribution in [2.45, 2.75) is 112 Å². The van der Waals surface area contributed by atoms with Crippen molar-refractivity contribution in [3.63, 3.8) is 0 Å². The number of rotatable bonds is 16. The van der Waals surface area contributed by atoms with Crippen LogP contribution in [0.5, 0.6) is 0 Å². The topological polar surface area (TPSA) is 116 Å². The van der Waals surface area contributed by atoms with Crippen LogP contribution in [0.4, 0.5) is 0 Å². The first-order valence-electron chi connectivity index (χ1n) is 12.0. The Bertz CT molecular complexity index is 607. The molecule has 0 aliphatic carbocycles. The molecule has 0 aromatic carbocycles. The lowest BCUT2D eigenvalue weighted by atomic mass is 9.96. The van der Waals surface area contributed by atoms with E-state index in [2.05, 4.69) is 42.0 Å². The predicted octanol–water partition coefficient (Wildman–Crippen LogP) is 2.31. The van der Waals surface area contributed by atoms with E-state index in [1.54, 1.807) is 20.8 Å². The van der Waals surface area contributed by atoms with Gasteiger partial charge in [0.2, 0.25) is 17.7 Å². The minimum atomic E-state index is -0.752. The maximum atomic E-state index is 12.8. The quantitative estimate of drug-likeness (QED) is 0.267. The third-order valence-corrected chi connectivity index (χ3v) is 5.40. The molecule has 0 saturated heterocycles. The average Bonchev–Trinajstić information content (AvgIpc) is 2.70. The van der Waals surface area contributed by atoms with Gasteiger partial charge in [-0.1, -0.05) is 34.6 Å². The maximum Gasteiger partial charge on any atom is 0.242 e. The Labute approximate surface area is 194 Å². The van der Waals surface area contributed by atoms with Crippen molar-refractivity contribution in [3.8, 4) is 0 Å². The third-order valence-electron chi connectivity index (χ3n) is 5.40. The number of carbonyl (C=O) groups is 4. The predicted molar refractivity (Wildman–Crippen MR) is 128 cm³/mol. The molecule has 2 unspecified atom stereocenters. The molecule has 0 bridgehead atoms. The number of ketones is 1. The zero-order valence-electron chi connectivity index (χ0n) is 21.3. The summed E-state index contributed by atoms with van der Waals surface area (Å²) in [5.41, 5.74) is 0. The lowest BCUT2D eigenvalue weighted by Crippen LogP contribution is -2.55. The van der Waals surface area contributed by atoms with E-state index >= 15 is 0 Å². The molecule has 4 atom stereocenters. The Morgan fingerprint density at radius 2 is 1.44 bits per heavy atom. The molecule has 0 aliphatic heterocycles. The van der Waals surface area contributed by atoms with Gasteiger partial charge in [-0.2, -0.15) is 0 Å². The van der Waals surface area contributed by atoms with Crippen LogP contribution in [0.25, 0.3) is 0 Å². The lowest BCUT2D eigenvalue weighted by molar-refractivity contribution is -0.132. The molecule has 0 fully saturated rings.